The van der Waals surface area contributed by atoms with Crippen LogP contribution in [0.25, 0.3) is 0 Å². The van der Waals surface area contributed by atoms with Crippen LogP contribution in [0.15, 0.2) is 0 Å². The van der Waals surface area contributed by atoms with Crippen molar-refractivity contribution in [1.29, 1.82) is 0 Å². The summed E-state index contributed by atoms with van der Waals surface area (Å²) in [5.41, 5.74) is 0. The number of hydrogen-bond donors (Lipinski definition) is 3. The first-order chi connectivity index (χ1) is 52.1. The monoisotopic (exact) mass is 1560 g/mol. The number of carbonyl (C=O) groups excluding carboxylic acids is 4. The molecule has 0 aromatic heterocycles. The van der Waals surface area contributed by atoms with Gasteiger partial charge in [0.05, 0.1) is 26.4 Å². The summed E-state index contributed by atoms with van der Waals surface area (Å²) in [5.74, 6) is -1.25. The van der Waals surface area contributed by atoms with Gasteiger partial charge in [0, 0.05) is 25.7 Å². The van der Waals surface area contributed by atoms with Crippen LogP contribution in [0.4, 0.5) is 0 Å². The molecular formula is C88H172O17P2. The summed E-state index contributed by atoms with van der Waals surface area (Å²) in [6, 6.07) is 0. The zero-order chi connectivity index (χ0) is 78.3. The number of phosphoric ester groups is 2. The van der Waals surface area contributed by atoms with Crippen LogP contribution in [0.5, 0.6) is 0 Å². The maximum atomic E-state index is 13.2. The molecule has 0 spiro atoms. The predicted molar refractivity (Wildman–Crippen MR) is 442 cm³/mol. The third-order valence-corrected chi connectivity index (χ3v) is 23.0. The van der Waals surface area contributed by atoms with E-state index in [1.807, 2.05) is 0 Å². The van der Waals surface area contributed by atoms with Crippen LogP contribution < -0.4 is 0 Å². The Labute approximate surface area is 658 Å². The number of aliphatic hydroxyl groups excluding tert-OH is 1. The lowest BCUT2D eigenvalue weighted by molar-refractivity contribution is -0.161. The van der Waals surface area contributed by atoms with Gasteiger partial charge in [0.1, 0.15) is 19.3 Å². The SMILES string of the molecule is CCCCCCCCCCCCCCCCCCCCCCCCC(=O)O[C@H](COC(=O)CCCCCCCCCCCCCCCCC(C)CC)COP(=O)(O)OC[C@@H](O)COP(=O)(O)OC[C@@H](COC(=O)CCCCCCCCCCC)OC(=O)CCCCCCCCCCCCCCCCCCCC. The smallest absolute Gasteiger partial charge is 0.462 e. The average molecular weight is 1560 g/mol. The van der Waals surface area contributed by atoms with Crippen molar-refractivity contribution in [2.45, 2.75) is 496 Å². The summed E-state index contributed by atoms with van der Waals surface area (Å²) in [7, 11) is -9.93. The Balaban J connectivity index is 5.20. The van der Waals surface area contributed by atoms with Crippen LogP contribution in [0.1, 0.15) is 478 Å². The zero-order valence-electron chi connectivity index (χ0n) is 70.3. The highest BCUT2D eigenvalue weighted by atomic mass is 31.2. The Morgan fingerprint density at radius 2 is 0.449 bits per heavy atom. The number of rotatable bonds is 88. The fourth-order valence-corrected chi connectivity index (χ4v) is 15.4. The highest BCUT2D eigenvalue weighted by molar-refractivity contribution is 7.47. The first-order valence-electron chi connectivity index (χ1n) is 45.7. The number of phosphoric acid groups is 2. The molecule has 3 N–H and O–H groups in total. The van der Waals surface area contributed by atoms with E-state index in [4.69, 9.17) is 37.0 Å². The van der Waals surface area contributed by atoms with E-state index in [0.717, 1.165) is 95.8 Å². The quantitative estimate of drug-likeness (QED) is 0.0222. The van der Waals surface area contributed by atoms with E-state index < -0.39 is 97.5 Å². The fourth-order valence-electron chi connectivity index (χ4n) is 13.8. The molecule has 6 atom stereocenters. The van der Waals surface area contributed by atoms with E-state index in [0.29, 0.717) is 25.7 Å². The van der Waals surface area contributed by atoms with Crippen molar-refractivity contribution in [3.8, 4) is 0 Å². The maximum Gasteiger partial charge on any atom is 0.472 e. The van der Waals surface area contributed by atoms with Crippen molar-refractivity contribution in [2.75, 3.05) is 39.6 Å². The molecule has 0 aromatic rings. The molecule has 3 unspecified atom stereocenters. The Bertz CT molecular complexity index is 2030. The summed E-state index contributed by atoms with van der Waals surface area (Å²) >= 11 is 0. The van der Waals surface area contributed by atoms with E-state index in [1.54, 1.807) is 0 Å². The molecule has 17 nitrogen and oxygen atoms in total. The summed E-state index contributed by atoms with van der Waals surface area (Å²) in [4.78, 5) is 73.2. The highest BCUT2D eigenvalue weighted by Gasteiger charge is 2.30. The molecule has 0 radical (unpaired) electrons. The minimum atomic E-state index is -4.97. The molecule has 0 aliphatic heterocycles. The zero-order valence-corrected chi connectivity index (χ0v) is 72.1. The van der Waals surface area contributed by atoms with E-state index >= 15 is 0 Å². The van der Waals surface area contributed by atoms with Gasteiger partial charge in [-0.25, -0.2) is 9.13 Å². The van der Waals surface area contributed by atoms with Crippen LogP contribution in [-0.4, -0.2) is 96.7 Å². The number of aliphatic hydroxyl groups is 1. The molecule has 107 heavy (non-hydrogen) atoms. The Kier molecular flexibility index (Phi) is 79.2. The normalized spacial score (nSPS) is 14.0. The molecule has 0 fully saturated rings. The molecule has 636 valence electrons. The standard InChI is InChI=1S/C88H172O17P2/c1-6-10-13-16-19-22-24-26-28-30-32-33-34-35-37-39-45-49-54-59-64-69-74-88(93)105-84(78-99-86(91)72-67-62-57-52-47-43-41-40-42-46-51-55-60-65-70-81(5)9-4)80-103-107(96,97)101-76-82(89)75-100-106(94,95)102-79-83(77-98-85(90)71-66-61-56-50-21-18-15-12-8-3)104-87(92)73-68-63-58-53-48-44-38-36-31-29-27-25-23-20-17-14-11-7-2/h81-84,89H,6-80H2,1-5H3,(H,94,95)(H,96,97)/t81?,82-,83+,84+/m0/s1. The summed E-state index contributed by atoms with van der Waals surface area (Å²) in [6.07, 6.45) is 75.0. The van der Waals surface area contributed by atoms with Crippen LogP contribution in [-0.2, 0) is 65.4 Å². The second kappa shape index (κ2) is 80.7. The van der Waals surface area contributed by atoms with Crippen molar-refractivity contribution in [2.24, 2.45) is 5.92 Å². The first kappa shape index (κ1) is 105. The molecule has 19 heteroatoms. The van der Waals surface area contributed by atoms with Crippen molar-refractivity contribution < 1.29 is 80.2 Å². The van der Waals surface area contributed by atoms with Gasteiger partial charge in [0.2, 0.25) is 0 Å². The van der Waals surface area contributed by atoms with Crippen molar-refractivity contribution in [1.82, 2.24) is 0 Å². The molecule has 0 saturated heterocycles. The van der Waals surface area contributed by atoms with Gasteiger partial charge in [-0.2, -0.15) is 0 Å². The lowest BCUT2D eigenvalue weighted by Gasteiger charge is -2.21. The van der Waals surface area contributed by atoms with Gasteiger partial charge in [-0.1, -0.05) is 426 Å². The first-order valence-corrected chi connectivity index (χ1v) is 48.7. The lowest BCUT2D eigenvalue weighted by atomic mass is 9.99. The molecule has 0 amide bonds. The second-order valence-electron chi connectivity index (χ2n) is 31.9. The number of carbonyl (C=O) groups is 4. The highest BCUT2D eigenvalue weighted by Crippen LogP contribution is 2.45. The Hall–Kier alpha value is -1.94. The van der Waals surface area contributed by atoms with Crippen molar-refractivity contribution >= 4 is 39.5 Å². The van der Waals surface area contributed by atoms with Crippen LogP contribution in [0, 0.1) is 5.92 Å². The van der Waals surface area contributed by atoms with Gasteiger partial charge < -0.3 is 33.8 Å². The lowest BCUT2D eigenvalue weighted by Crippen LogP contribution is -2.30. The topological polar surface area (TPSA) is 237 Å². The van der Waals surface area contributed by atoms with Gasteiger partial charge in [0.25, 0.3) is 0 Å². The van der Waals surface area contributed by atoms with Gasteiger partial charge in [-0.05, 0) is 31.6 Å². The maximum absolute atomic E-state index is 13.2. The number of unbranched alkanes of at least 4 members (excludes halogenated alkanes) is 59. The van der Waals surface area contributed by atoms with Gasteiger partial charge in [-0.3, -0.25) is 37.3 Å². The molecule has 0 rings (SSSR count). The second-order valence-corrected chi connectivity index (χ2v) is 34.8. The minimum absolute atomic E-state index is 0.109. The number of esters is 4. The number of hydrogen-bond acceptors (Lipinski definition) is 15. The minimum Gasteiger partial charge on any atom is -0.462 e. The predicted octanol–water partition coefficient (Wildman–Crippen LogP) is 27.2. The Morgan fingerprint density at radius 3 is 0.664 bits per heavy atom. The Morgan fingerprint density at radius 1 is 0.262 bits per heavy atom. The van der Waals surface area contributed by atoms with E-state index in [2.05, 4.69) is 34.6 Å². The van der Waals surface area contributed by atoms with Crippen molar-refractivity contribution in [3.63, 3.8) is 0 Å². The molecule has 0 aromatic carbocycles. The summed E-state index contributed by atoms with van der Waals surface area (Å²) in [6.45, 7) is 7.41. The largest absolute Gasteiger partial charge is 0.472 e. The van der Waals surface area contributed by atoms with Crippen LogP contribution >= 0.6 is 15.6 Å². The van der Waals surface area contributed by atoms with E-state index in [1.165, 1.54) is 302 Å². The van der Waals surface area contributed by atoms with Gasteiger partial charge in [-0.15, -0.1) is 0 Å². The van der Waals surface area contributed by atoms with Crippen molar-refractivity contribution in [3.05, 3.63) is 0 Å². The molecule has 0 aliphatic rings. The third kappa shape index (κ3) is 80.5. The molecule has 0 heterocycles. The number of ether oxygens (including phenoxy) is 4. The van der Waals surface area contributed by atoms with Crippen LogP contribution in [0.3, 0.4) is 0 Å². The summed E-state index contributed by atoms with van der Waals surface area (Å²) < 4.78 is 68.9. The van der Waals surface area contributed by atoms with E-state index in [-0.39, 0.29) is 25.7 Å². The van der Waals surface area contributed by atoms with E-state index in [9.17, 15) is 43.2 Å². The molecule has 0 bridgehead atoms. The van der Waals surface area contributed by atoms with Crippen LogP contribution in [0.2, 0.25) is 0 Å². The molecule has 0 aliphatic carbocycles. The molecule has 0 saturated carbocycles. The summed E-state index contributed by atoms with van der Waals surface area (Å²) in [5, 5.41) is 10.7. The fraction of sp³-hybridized carbons (Fsp3) is 0.955. The molecular weight excluding hydrogens is 1390 g/mol. The average Bonchev–Trinajstić information content (AvgIpc) is 0.899. The van der Waals surface area contributed by atoms with Gasteiger partial charge in [0.15, 0.2) is 12.2 Å². The van der Waals surface area contributed by atoms with Gasteiger partial charge >= 0.3 is 39.5 Å². The third-order valence-electron chi connectivity index (χ3n) is 21.1.